The van der Waals surface area contributed by atoms with Gasteiger partial charge < -0.3 is 5.73 Å². The molecule has 1 aliphatic rings. The van der Waals surface area contributed by atoms with Crippen molar-refractivity contribution in [1.82, 2.24) is 4.90 Å². The molecule has 2 N–H and O–H groups in total. The van der Waals surface area contributed by atoms with E-state index in [1.54, 1.807) is 11.3 Å². The number of rotatable bonds is 3. The molecule has 14 heavy (non-hydrogen) atoms. The molecule has 3 heteroatoms. The van der Waals surface area contributed by atoms with Crippen LogP contribution in [0.15, 0.2) is 16.8 Å². The Morgan fingerprint density at radius 1 is 1.71 bits per heavy atom. The third kappa shape index (κ3) is 2.00. The van der Waals surface area contributed by atoms with E-state index < -0.39 is 0 Å². The first kappa shape index (κ1) is 10.1. The molecule has 2 rings (SSSR count). The average Bonchev–Trinajstić information content (AvgIpc) is 2.79. The van der Waals surface area contributed by atoms with Gasteiger partial charge in [-0.15, -0.1) is 0 Å². The summed E-state index contributed by atoms with van der Waals surface area (Å²) in [6, 6.07) is 2.65. The van der Waals surface area contributed by atoms with Crippen LogP contribution < -0.4 is 5.73 Å². The Morgan fingerprint density at radius 2 is 2.57 bits per heavy atom. The van der Waals surface area contributed by atoms with Gasteiger partial charge >= 0.3 is 0 Å². The molecule has 2 heterocycles. The van der Waals surface area contributed by atoms with Gasteiger partial charge in [-0.25, -0.2) is 0 Å². The predicted octanol–water partition coefficient (Wildman–Crippen LogP) is 2.09. The second-order valence-corrected chi connectivity index (χ2v) is 4.98. The molecule has 1 aromatic rings. The molecule has 78 valence electrons. The monoisotopic (exact) mass is 210 g/mol. The Hall–Kier alpha value is -0.380. The van der Waals surface area contributed by atoms with Gasteiger partial charge in [0.25, 0.3) is 0 Å². The van der Waals surface area contributed by atoms with E-state index in [2.05, 4.69) is 28.7 Å². The van der Waals surface area contributed by atoms with Gasteiger partial charge in [-0.3, -0.25) is 4.90 Å². The first-order valence-electron chi connectivity index (χ1n) is 5.27. The van der Waals surface area contributed by atoms with Crippen molar-refractivity contribution in [3.8, 4) is 0 Å². The minimum Gasteiger partial charge on any atom is -0.329 e. The third-order valence-corrected chi connectivity index (χ3v) is 3.75. The smallest absolute Gasteiger partial charge is 0.0478 e. The summed E-state index contributed by atoms with van der Waals surface area (Å²) in [5, 5.41) is 4.36. The molecule has 2 atom stereocenters. The van der Waals surface area contributed by atoms with Crippen LogP contribution in [0.25, 0.3) is 0 Å². The minimum atomic E-state index is 0.450. The highest BCUT2D eigenvalue weighted by Crippen LogP contribution is 2.27. The molecular formula is C11H18N2S. The van der Waals surface area contributed by atoms with Crippen molar-refractivity contribution in [2.75, 3.05) is 19.6 Å². The third-order valence-electron chi connectivity index (χ3n) is 3.05. The predicted molar refractivity (Wildman–Crippen MR) is 61.5 cm³/mol. The van der Waals surface area contributed by atoms with Gasteiger partial charge in [-0.2, -0.15) is 11.3 Å². The maximum Gasteiger partial charge on any atom is 0.0478 e. The topological polar surface area (TPSA) is 29.3 Å². The van der Waals surface area contributed by atoms with Crippen molar-refractivity contribution in [2.45, 2.75) is 19.4 Å². The number of hydrogen-bond donors (Lipinski definition) is 1. The van der Waals surface area contributed by atoms with Crippen molar-refractivity contribution >= 4 is 11.3 Å². The Kier molecular flexibility index (Phi) is 3.21. The molecule has 1 aromatic heterocycles. The SMILES string of the molecule is CC1CCN(C(CN)c2ccsc2)C1. The molecule has 0 bridgehead atoms. The van der Waals surface area contributed by atoms with Gasteiger partial charge in [0.2, 0.25) is 0 Å². The molecule has 1 fully saturated rings. The average molecular weight is 210 g/mol. The van der Waals surface area contributed by atoms with Crippen molar-refractivity contribution < 1.29 is 0 Å². The summed E-state index contributed by atoms with van der Waals surface area (Å²) in [4.78, 5) is 2.52. The van der Waals surface area contributed by atoms with Crippen molar-refractivity contribution in [3.05, 3.63) is 22.4 Å². The van der Waals surface area contributed by atoms with E-state index in [0.717, 1.165) is 12.5 Å². The second kappa shape index (κ2) is 4.43. The number of likely N-dealkylation sites (tertiary alicyclic amines) is 1. The number of nitrogens with two attached hydrogens (primary N) is 1. The van der Waals surface area contributed by atoms with E-state index in [4.69, 9.17) is 5.73 Å². The van der Waals surface area contributed by atoms with Crippen molar-refractivity contribution in [3.63, 3.8) is 0 Å². The molecule has 1 saturated heterocycles. The van der Waals surface area contributed by atoms with Crippen molar-refractivity contribution in [1.29, 1.82) is 0 Å². The fraction of sp³-hybridized carbons (Fsp3) is 0.636. The van der Waals surface area contributed by atoms with Crippen LogP contribution >= 0.6 is 11.3 Å². The van der Waals surface area contributed by atoms with E-state index in [-0.39, 0.29) is 0 Å². The maximum atomic E-state index is 5.85. The van der Waals surface area contributed by atoms with Crippen LogP contribution in [0.4, 0.5) is 0 Å². The summed E-state index contributed by atoms with van der Waals surface area (Å²) in [7, 11) is 0. The van der Waals surface area contributed by atoms with Gasteiger partial charge in [-0.1, -0.05) is 6.92 Å². The van der Waals surface area contributed by atoms with Gasteiger partial charge in [0.05, 0.1) is 0 Å². The molecule has 0 saturated carbocycles. The van der Waals surface area contributed by atoms with Crippen LogP contribution in [-0.4, -0.2) is 24.5 Å². The number of thiophene rings is 1. The van der Waals surface area contributed by atoms with Crippen LogP contribution in [0.5, 0.6) is 0 Å². The Bertz CT molecular complexity index is 271. The number of hydrogen-bond acceptors (Lipinski definition) is 3. The van der Waals surface area contributed by atoms with E-state index in [0.29, 0.717) is 6.04 Å². The molecule has 0 radical (unpaired) electrons. The number of nitrogens with zero attached hydrogens (tertiary/aromatic N) is 1. The summed E-state index contributed by atoms with van der Waals surface area (Å²) in [6.45, 7) is 5.47. The fourth-order valence-electron chi connectivity index (χ4n) is 2.21. The van der Waals surface area contributed by atoms with Crippen molar-refractivity contribution in [2.24, 2.45) is 11.7 Å². The molecule has 0 spiro atoms. The standard InChI is InChI=1S/C11H18N2S/c1-9-2-4-13(7-9)11(6-12)10-3-5-14-8-10/h3,5,8-9,11H,2,4,6-7,12H2,1H3. The lowest BCUT2D eigenvalue weighted by atomic mass is 10.1. The highest BCUT2D eigenvalue weighted by atomic mass is 32.1. The largest absolute Gasteiger partial charge is 0.329 e. The van der Waals surface area contributed by atoms with Crippen LogP contribution in [0.1, 0.15) is 24.9 Å². The summed E-state index contributed by atoms with van der Waals surface area (Å²) >= 11 is 1.76. The lowest BCUT2D eigenvalue weighted by Crippen LogP contribution is -2.31. The summed E-state index contributed by atoms with van der Waals surface area (Å²) in [6.07, 6.45) is 1.32. The fourth-order valence-corrected chi connectivity index (χ4v) is 2.92. The van der Waals surface area contributed by atoms with Gasteiger partial charge in [-0.05, 0) is 41.3 Å². The minimum absolute atomic E-state index is 0.450. The van der Waals surface area contributed by atoms with E-state index in [1.807, 2.05) is 0 Å². The molecule has 2 unspecified atom stereocenters. The lowest BCUT2D eigenvalue weighted by molar-refractivity contribution is 0.244. The summed E-state index contributed by atoms with van der Waals surface area (Å²) in [5.74, 6) is 0.836. The van der Waals surface area contributed by atoms with Crippen LogP contribution in [0, 0.1) is 5.92 Å². The summed E-state index contributed by atoms with van der Waals surface area (Å²) in [5.41, 5.74) is 7.25. The Balaban J connectivity index is 2.07. The zero-order valence-electron chi connectivity index (χ0n) is 8.65. The first-order valence-corrected chi connectivity index (χ1v) is 6.21. The van der Waals surface area contributed by atoms with Crippen LogP contribution in [-0.2, 0) is 0 Å². The molecule has 0 aliphatic carbocycles. The van der Waals surface area contributed by atoms with E-state index in [9.17, 15) is 0 Å². The maximum absolute atomic E-state index is 5.85. The van der Waals surface area contributed by atoms with Crippen LogP contribution in [0.3, 0.4) is 0 Å². The second-order valence-electron chi connectivity index (χ2n) is 4.20. The molecular weight excluding hydrogens is 192 g/mol. The van der Waals surface area contributed by atoms with Gasteiger partial charge in [0.15, 0.2) is 0 Å². The zero-order valence-corrected chi connectivity index (χ0v) is 9.46. The lowest BCUT2D eigenvalue weighted by Gasteiger charge is -2.25. The molecule has 0 aromatic carbocycles. The highest BCUT2D eigenvalue weighted by molar-refractivity contribution is 7.07. The normalized spacial score (nSPS) is 25.4. The van der Waals surface area contributed by atoms with E-state index in [1.165, 1.54) is 25.1 Å². The van der Waals surface area contributed by atoms with Gasteiger partial charge in [0.1, 0.15) is 0 Å². The Labute approximate surface area is 89.7 Å². The Morgan fingerprint density at radius 3 is 3.07 bits per heavy atom. The molecule has 2 nitrogen and oxygen atoms in total. The van der Waals surface area contributed by atoms with Crippen LogP contribution in [0.2, 0.25) is 0 Å². The van der Waals surface area contributed by atoms with E-state index >= 15 is 0 Å². The molecule has 1 aliphatic heterocycles. The van der Waals surface area contributed by atoms with Gasteiger partial charge in [0, 0.05) is 19.1 Å². The first-order chi connectivity index (χ1) is 6.81. The quantitative estimate of drug-likeness (QED) is 0.827. The summed E-state index contributed by atoms with van der Waals surface area (Å²) < 4.78 is 0. The zero-order chi connectivity index (χ0) is 9.97. The highest BCUT2D eigenvalue weighted by Gasteiger charge is 2.25. The molecule has 0 amide bonds.